The molecule has 1 aliphatic carbocycles. The lowest BCUT2D eigenvalue weighted by Crippen LogP contribution is -2.13. The summed E-state index contributed by atoms with van der Waals surface area (Å²) in [7, 11) is 1.61. The van der Waals surface area contributed by atoms with Gasteiger partial charge in [0.05, 0.1) is 30.8 Å². The quantitative estimate of drug-likeness (QED) is 0.694. The highest BCUT2D eigenvalue weighted by atomic mass is 35.5. The third-order valence-corrected chi connectivity index (χ3v) is 4.83. The van der Waals surface area contributed by atoms with E-state index in [0.717, 1.165) is 36.0 Å². The van der Waals surface area contributed by atoms with Gasteiger partial charge in [0, 0.05) is 5.56 Å². The Morgan fingerprint density at radius 2 is 1.88 bits per heavy atom. The summed E-state index contributed by atoms with van der Waals surface area (Å²) in [6, 6.07) is 10.5. The van der Waals surface area contributed by atoms with Crippen molar-refractivity contribution in [2.45, 2.75) is 31.5 Å². The van der Waals surface area contributed by atoms with Crippen molar-refractivity contribution >= 4 is 17.9 Å². The number of rotatable bonds is 7. The topological polar surface area (TPSA) is 35.5 Å². The summed E-state index contributed by atoms with van der Waals surface area (Å²) >= 11 is 6.12. The molecular formula is C19H18ClFO3. The first-order valence-electron chi connectivity index (χ1n) is 7.74. The van der Waals surface area contributed by atoms with E-state index in [1.54, 1.807) is 13.2 Å². The highest BCUT2D eigenvalue weighted by Crippen LogP contribution is 2.49. The molecule has 3 rings (SSSR count). The predicted molar refractivity (Wildman–Crippen MR) is 89.9 cm³/mol. The van der Waals surface area contributed by atoms with E-state index in [0.29, 0.717) is 12.2 Å². The molecule has 0 aromatic heterocycles. The minimum atomic E-state index is -0.518. The van der Waals surface area contributed by atoms with Crippen LogP contribution in [0.15, 0.2) is 36.4 Å². The maximum absolute atomic E-state index is 13.8. The molecule has 0 unspecified atom stereocenters. The molecule has 1 saturated carbocycles. The number of ether oxygens (including phenoxy) is 2. The molecule has 2 aromatic carbocycles. The first kappa shape index (κ1) is 16.9. The van der Waals surface area contributed by atoms with Crippen LogP contribution in [0.2, 0.25) is 5.02 Å². The SMILES string of the molecule is COc1ccc(COCc2c(C3(C=O)CC3)ccc(F)c2Cl)cc1. The third-order valence-electron chi connectivity index (χ3n) is 4.42. The number of hydrogen-bond acceptors (Lipinski definition) is 3. The van der Waals surface area contributed by atoms with Crippen molar-refractivity contribution in [1.82, 2.24) is 0 Å². The second-order valence-electron chi connectivity index (χ2n) is 6.00. The Hall–Kier alpha value is -1.91. The summed E-state index contributed by atoms with van der Waals surface area (Å²) in [5.41, 5.74) is 1.80. The molecule has 1 aliphatic rings. The molecular weight excluding hydrogens is 331 g/mol. The van der Waals surface area contributed by atoms with Gasteiger partial charge in [-0.25, -0.2) is 4.39 Å². The summed E-state index contributed by atoms with van der Waals surface area (Å²) in [6.07, 6.45) is 2.47. The normalized spacial score (nSPS) is 15.1. The number of methoxy groups -OCH3 is 1. The van der Waals surface area contributed by atoms with Crippen molar-refractivity contribution in [3.8, 4) is 5.75 Å². The average molecular weight is 349 g/mol. The number of benzene rings is 2. The fourth-order valence-corrected chi connectivity index (χ4v) is 3.00. The van der Waals surface area contributed by atoms with Gasteiger partial charge in [0.1, 0.15) is 17.9 Å². The van der Waals surface area contributed by atoms with Gasteiger partial charge in [-0.1, -0.05) is 29.8 Å². The number of hydrogen-bond donors (Lipinski definition) is 0. The summed E-state index contributed by atoms with van der Waals surface area (Å²) in [5.74, 6) is 0.279. The van der Waals surface area contributed by atoms with Crippen molar-refractivity contribution in [3.05, 3.63) is 63.9 Å². The standard InChI is InChI=1S/C19H18ClFO3/c1-23-14-4-2-13(3-5-14)10-24-11-15-16(19(12-22)8-9-19)6-7-17(21)18(15)20/h2-7,12H,8-11H2,1H3. The van der Waals surface area contributed by atoms with Gasteiger partial charge < -0.3 is 14.3 Å². The van der Waals surface area contributed by atoms with Gasteiger partial charge in [-0.15, -0.1) is 0 Å². The summed E-state index contributed by atoms with van der Waals surface area (Å²) in [4.78, 5) is 11.4. The Balaban J connectivity index is 1.74. The van der Waals surface area contributed by atoms with E-state index < -0.39 is 11.2 Å². The van der Waals surface area contributed by atoms with E-state index in [1.807, 2.05) is 24.3 Å². The van der Waals surface area contributed by atoms with Crippen molar-refractivity contribution in [1.29, 1.82) is 0 Å². The Labute approximate surface area is 145 Å². The lowest BCUT2D eigenvalue weighted by atomic mass is 9.92. The third kappa shape index (κ3) is 3.30. The number of aldehydes is 1. The number of carbonyl (C=O) groups excluding carboxylic acids is 1. The van der Waals surface area contributed by atoms with E-state index in [4.69, 9.17) is 21.1 Å². The van der Waals surface area contributed by atoms with E-state index >= 15 is 0 Å². The fraction of sp³-hybridized carbons (Fsp3) is 0.316. The zero-order valence-corrected chi connectivity index (χ0v) is 14.1. The number of halogens is 2. The van der Waals surface area contributed by atoms with Crippen LogP contribution < -0.4 is 4.74 Å². The van der Waals surface area contributed by atoms with Gasteiger partial charge in [-0.05, 0) is 42.2 Å². The molecule has 5 heteroatoms. The zero-order valence-electron chi connectivity index (χ0n) is 13.4. The van der Waals surface area contributed by atoms with Gasteiger partial charge in [0.25, 0.3) is 0 Å². The fourth-order valence-electron chi connectivity index (χ4n) is 2.78. The summed E-state index contributed by atoms with van der Waals surface area (Å²) in [6.45, 7) is 0.526. The predicted octanol–water partition coefficient (Wildman–Crippen LogP) is 4.44. The minimum absolute atomic E-state index is 0.0374. The van der Waals surface area contributed by atoms with Crippen LogP contribution in [0.3, 0.4) is 0 Å². The maximum atomic E-state index is 13.8. The average Bonchev–Trinajstić information content (AvgIpc) is 3.40. The second kappa shape index (κ2) is 6.91. The first-order chi connectivity index (χ1) is 11.6. The molecule has 2 aromatic rings. The van der Waals surface area contributed by atoms with Gasteiger partial charge in [-0.2, -0.15) is 0 Å². The van der Waals surface area contributed by atoms with Gasteiger partial charge in [-0.3, -0.25) is 0 Å². The Bertz CT molecular complexity index is 739. The van der Waals surface area contributed by atoms with Crippen LogP contribution in [0.4, 0.5) is 4.39 Å². The van der Waals surface area contributed by atoms with Crippen molar-refractivity contribution in [2.24, 2.45) is 0 Å². The van der Waals surface area contributed by atoms with E-state index in [1.165, 1.54) is 6.07 Å². The van der Waals surface area contributed by atoms with E-state index in [-0.39, 0.29) is 11.6 Å². The summed E-state index contributed by atoms with van der Waals surface area (Å²) in [5, 5.41) is 0.0374. The maximum Gasteiger partial charge on any atom is 0.142 e. The number of carbonyl (C=O) groups is 1. The Morgan fingerprint density at radius 3 is 2.46 bits per heavy atom. The molecule has 0 N–H and O–H groups in total. The van der Waals surface area contributed by atoms with E-state index in [9.17, 15) is 9.18 Å². The molecule has 0 amide bonds. The monoisotopic (exact) mass is 348 g/mol. The molecule has 1 fully saturated rings. The Morgan fingerprint density at radius 1 is 1.17 bits per heavy atom. The van der Waals surface area contributed by atoms with Crippen LogP contribution in [0.1, 0.15) is 29.5 Å². The van der Waals surface area contributed by atoms with Crippen LogP contribution in [-0.4, -0.2) is 13.4 Å². The summed E-state index contributed by atoms with van der Waals surface area (Å²) < 4.78 is 24.6. The molecule has 0 radical (unpaired) electrons. The van der Waals surface area contributed by atoms with Crippen LogP contribution in [0.25, 0.3) is 0 Å². The van der Waals surface area contributed by atoms with E-state index in [2.05, 4.69) is 0 Å². The first-order valence-corrected chi connectivity index (χ1v) is 8.12. The molecule has 0 saturated heterocycles. The minimum Gasteiger partial charge on any atom is -0.497 e. The van der Waals surface area contributed by atoms with Crippen molar-refractivity contribution in [2.75, 3.05) is 7.11 Å². The molecule has 126 valence electrons. The lowest BCUT2D eigenvalue weighted by Gasteiger charge is -2.16. The Kier molecular flexibility index (Phi) is 4.88. The van der Waals surface area contributed by atoms with Crippen LogP contribution in [-0.2, 0) is 28.2 Å². The molecule has 0 aliphatic heterocycles. The van der Waals surface area contributed by atoms with Crippen LogP contribution >= 0.6 is 11.6 Å². The van der Waals surface area contributed by atoms with Crippen LogP contribution in [0.5, 0.6) is 5.75 Å². The highest BCUT2D eigenvalue weighted by molar-refractivity contribution is 6.31. The van der Waals surface area contributed by atoms with Crippen LogP contribution in [0, 0.1) is 5.82 Å². The largest absolute Gasteiger partial charge is 0.497 e. The highest BCUT2D eigenvalue weighted by Gasteiger charge is 2.46. The smallest absolute Gasteiger partial charge is 0.142 e. The molecule has 3 nitrogen and oxygen atoms in total. The van der Waals surface area contributed by atoms with Gasteiger partial charge >= 0.3 is 0 Å². The van der Waals surface area contributed by atoms with Gasteiger partial charge in [0.2, 0.25) is 0 Å². The zero-order chi connectivity index (χ0) is 17.2. The lowest BCUT2D eigenvalue weighted by molar-refractivity contribution is -0.109. The second-order valence-corrected chi connectivity index (χ2v) is 6.38. The van der Waals surface area contributed by atoms with Crippen molar-refractivity contribution < 1.29 is 18.7 Å². The van der Waals surface area contributed by atoms with Gasteiger partial charge in [0.15, 0.2) is 0 Å². The molecule has 24 heavy (non-hydrogen) atoms. The molecule has 0 heterocycles. The molecule has 0 atom stereocenters. The molecule has 0 spiro atoms. The molecule has 0 bridgehead atoms. The van der Waals surface area contributed by atoms with Crippen molar-refractivity contribution in [3.63, 3.8) is 0 Å².